The number of nitrogens with one attached hydrogen (secondary N) is 1. The van der Waals surface area contributed by atoms with Crippen molar-refractivity contribution in [2.45, 2.75) is 18.9 Å². The number of amides is 1. The van der Waals surface area contributed by atoms with Gasteiger partial charge in [-0.15, -0.1) is 0 Å². The Morgan fingerprint density at radius 2 is 1.93 bits per heavy atom. The van der Waals surface area contributed by atoms with Crippen molar-refractivity contribution >= 4 is 17.5 Å². The molecule has 6 heteroatoms. The van der Waals surface area contributed by atoms with Crippen LogP contribution in [0.5, 0.6) is 0 Å². The second-order valence-electron chi connectivity index (χ2n) is 6.65. The number of aryl methyl sites for hydroxylation is 1. The lowest BCUT2D eigenvalue weighted by molar-refractivity contribution is -0.121. The minimum Gasteiger partial charge on any atom is -0.379 e. The third kappa shape index (κ3) is 6.03. The highest BCUT2D eigenvalue weighted by molar-refractivity contribution is 6.30. The fraction of sp³-hybridized carbons (Fsp3) is 0.381. The summed E-state index contributed by atoms with van der Waals surface area (Å²) in [5.74, 6) is -0.311. The van der Waals surface area contributed by atoms with Gasteiger partial charge in [0.05, 0.1) is 19.3 Å². The molecular formula is C21H24ClFN2O2. The maximum absolute atomic E-state index is 13.2. The number of benzene rings is 2. The summed E-state index contributed by atoms with van der Waals surface area (Å²) in [6.45, 7) is 3.55. The molecule has 1 saturated heterocycles. The van der Waals surface area contributed by atoms with Crippen molar-refractivity contribution in [1.29, 1.82) is 0 Å². The molecule has 2 aromatic rings. The molecule has 4 nitrogen and oxygen atoms in total. The Labute approximate surface area is 164 Å². The molecule has 0 spiro atoms. The van der Waals surface area contributed by atoms with Crippen LogP contribution in [0.3, 0.4) is 0 Å². The normalized spacial score (nSPS) is 16.1. The van der Waals surface area contributed by atoms with E-state index in [0.29, 0.717) is 37.6 Å². The molecule has 0 aromatic heterocycles. The Morgan fingerprint density at radius 3 is 2.63 bits per heavy atom. The number of hydrogen-bond donors (Lipinski definition) is 1. The summed E-state index contributed by atoms with van der Waals surface area (Å²) in [6, 6.07) is 14.2. The average Bonchev–Trinajstić information content (AvgIpc) is 2.69. The van der Waals surface area contributed by atoms with E-state index < -0.39 is 0 Å². The van der Waals surface area contributed by atoms with Crippen molar-refractivity contribution in [3.63, 3.8) is 0 Å². The van der Waals surface area contributed by atoms with Crippen LogP contribution in [0.4, 0.5) is 4.39 Å². The van der Waals surface area contributed by atoms with Crippen LogP contribution < -0.4 is 5.32 Å². The molecule has 1 aliphatic rings. The first-order chi connectivity index (χ1) is 13.1. The third-order valence-electron chi connectivity index (χ3n) is 4.76. The maximum atomic E-state index is 13.2. The Hall–Kier alpha value is -1.95. The predicted molar refractivity (Wildman–Crippen MR) is 104 cm³/mol. The Bertz CT molecular complexity index is 748. The molecule has 1 atom stereocenters. The van der Waals surface area contributed by atoms with Gasteiger partial charge in [0.15, 0.2) is 0 Å². The van der Waals surface area contributed by atoms with Crippen molar-refractivity contribution in [2.24, 2.45) is 0 Å². The van der Waals surface area contributed by atoms with Crippen LogP contribution >= 0.6 is 11.6 Å². The quantitative estimate of drug-likeness (QED) is 0.785. The number of halogens is 2. The van der Waals surface area contributed by atoms with Crippen LogP contribution in [0.25, 0.3) is 0 Å². The van der Waals surface area contributed by atoms with Gasteiger partial charge in [-0.3, -0.25) is 9.69 Å². The van der Waals surface area contributed by atoms with E-state index in [4.69, 9.17) is 16.3 Å². The highest BCUT2D eigenvalue weighted by Gasteiger charge is 2.23. The van der Waals surface area contributed by atoms with E-state index in [1.54, 1.807) is 6.07 Å². The number of nitrogens with zero attached hydrogens (tertiary/aromatic N) is 1. The van der Waals surface area contributed by atoms with Gasteiger partial charge in [0.2, 0.25) is 5.91 Å². The fourth-order valence-corrected chi connectivity index (χ4v) is 3.41. The second-order valence-corrected chi connectivity index (χ2v) is 7.09. The molecule has 0 saturated carbocycles. The van der Waals surface area contributed by atoms with E-state index in [1.165, 1.54) is 12.1 Å². The van der Waals surface area contributed by atoms with Gasteiger partial charge in [-0.1, -0.05) is 35.9 Å². The van der Waals surface area contributed by atoms with E-state index in [2.05, 4.69) is 10.2 Å². The first kappa shape index (κ1) is 19.8. The monoisotopic (exact) mass is 390 g/mol. The van der Waals surface area contributed by atoms with Gasteiger partial charge < -0.3 is 10.1 Å². The third-order valence-corrected chi connectivity index (χ3v) is 5.02. The first-order valence-electron chi connectivity index (χ1n) is 9.20. The molecule has 3 rings (SSSR count). The largest absolute Gasteiger partial charge is 0.379 e. The van der Waals surface area contributed by atoms with Crippen molar-refractivity contribution in [2.75, 3.05) is 32.8 Å². The van der Waals surface area contributed by atoms with Gasteiger partial charge in [-0.25, -0.2) is 4.39 Å². The van der Waals surface area contributed by atoms with Crippen LogP contribution in [0.15, 0.2) is 48.5 Å². The lowest BCUT2D eigenvalue weighted by Gasteiger charge is -2.35. The molecule has 1 aliphatic heterocycles. The van der Waals surface area contributed by atoms with Crippen molar-refractivity contribution in [3.05, 3.63) is 70.5 Å². The van der Waals surface area contributed by atoms with Crippen LogP contribution in [0.1, 0.15) is 23.6 Å². The molecule has 1 unspecified atom stereocenters. The van der Waals surface area contributed by atoms with Crippen molar-refractivity contribution < 1.29 is 13.9 Å². The summed E-state index contributed by atoms with van der Waals surface area (Å²) in [7, 11) is 0. The summed E-state index contributed by atoms with van der Waals surface area (Å²) in [6.07, 6.45) is 0.854. The van der Waals surface area contributed by atoms with Crippen LogP contribution in [0, 0.1) is 5.82 Å². The number of hydrogen-bond acceptors (Lipinski definition) is 3. The SMILES string of the molecule is O=C(CCc1cccc(F)c1)NCC(c1ccc(Cl)cc1)N1CCOCC1. The first-order valence-corrected chi connectivity index (χ1v) is 9.58. The van der Waals surface area contributed by atoms with Gasteiger partial charge in [0.25, 0.3) is 0 Å². The van der Waals surface area contributed by atoms with Crippen molar-refractivity contribution in [3.8, 4) is 0 Å². The average molecular weight is 391 g/mol. The number of morpholine rings is 1. The Kier molecular flexibility index (Phi) is 7.21. The number of carbonyl (C=O) groups excluding carboxylic acids is 1. The van der Waals surface area contributed by atoms with Crippen molar-refractivity contribution in [1.82, 2.24) is 10.2 Å². The summed E-state index contributed by atoms with van der Waals surface area (Å²) < 4.78 is 18.7. The predicted octanol–water partition coefficient (Wildman–Crippen LogP) is 3.60. The molecular weight excluding hydrogens is 367 g/mol. The van der Waals surface area contributed by atoms with E-state index in [1.807, 2.05) is 30.3 Å². The highest BCUT2D eigenvalue weighted by Crippen LogP contribution is 2.23. The number of carbonyl (C=O) groups is 1. The molecule has 0 aliphatic carbocycles. The van der Waals surface area contributed by atoms with Crippen LogP contribution in [-0.4, -0.2) is 43.7 Å². The van der Waals surface area contributed by atoms with Crippen LogP contribution in [0.2, 0.25) is 5.02 Å². The molecule has 1 heterocycles. The number of ether oxygens (including phenoxy) is 1. The van der Waals surface area contributed by atoms with Gasteiger partial charge in [-0.05, 0) is 41.8 Å². The second kappa shape index (κ2) is 9.83. The molecule has 144 valence electrons. The van der Waals surface area contributed by atoms with E-state index >= 15 is 0 Å². The standard InChI is InChI=1S/C21H24ClFN2O2/c22-18-7-5-17(6-8-18)20(25-10-12-27-13-11-25)15-24-21(26)9-4-16-2-1-3-19(23)14-16/h1-3,5-8,14,20H,4,9-13,15H2,(H,24,26). The Morgan fingerprint density at radius 1 is 1.19 bits per heavy atom. The summed E-state index contributed by atoms with van der Waals surface area (Å²) >= 11 is 6.01. The molecule has 27 heavy (non-hydrogen) atoms. The van der Waals surface area contributed by atoms with Crippen LogP contribution in [-0.2, 0) is 16.0 Å². The van der Waals surface area contributed by atoms with Gasteiger partial charge in [0, 0.05) is 31.1 Å². The van der Waals surface area contributed by atoms with Gasteiger partial charge >= 0.3 is 0 Å². The lowest BCUT2D eigenvalue weighted by Crippen LogP contribution is -2.43. The zero-order chi connectivity index (χ0) is 19.1. The smallest absolute Gasteiger partial charge is 0.220 e. The fourth-order valence-electron chi connectivity index (χ4n) is 3.28. The highest BCUT2D eigenvalue weighted by atomic mass is 35.5. The lowest BCUT2D eigenvalue weighted by atomic mass is 10.0. The molecule has 1 amide bonds. The molecule has 1 fully saturated rings. The minimum atomic E-state index is -0.275. The van der Waals surface area contributed by atoms with E-state index in [-0.39, 0.29) is 17.8 Å². The summed E-state index contributed by atoms with van der Waals surface area (Å²) in [5.41, 5.74) is 1.94. The minimum absolute atomic E-state index is 0.0357. The van der Waals surface area contributed by atoms with E-state index in [9.17, 15) is 9.18 Å². The summed E-state index contributed by atoms with van der Waals surface area (Å²) in [5, 5.41) is 3.72. The maximum Gasteiger partial charge on any atom is 0.220 e. The zero-order valence-corrected chi connectivity index (χ0v) is 15.9. The van der Waals surface area contributed by atoms with Gasteiger partial charge in [-0.2, -0.15) is 0 Å². The number of rotatable bonds is 7. The Balaban J connectivity index is 1.58. The molecule has 2 aromatic carbocycles. The summed E-state index contributed by atoms with van der Waals surface area (Å²) in [4.78, 5) is 14.6. The molecule has 0 bridgehead atoms. The van der Waals surface area contributed by atoms with Gasteiger partial charge in [0.1, 0.15) is 5.82 Å². The topological polar surface area (TPSA) is 41.6 Å². The molecule has 1 N–H and O–H groups in total. The molecule has 0 radical (unpaired) electrons. The van der Waals surface area contributed by atoms with E-state index in [0.717, 1.165) is 24.2 Å². The zero-order valence-electron chi connectivity index (χ0n) is 15.2.